The van der Waals surface area contributed by atoms with E-state index in [1.54, 1.807) is 0 Å². The summed E-state index contributed by atoms with van der Waals surface area (Å²) in [4.78, 5) is 20.9. The predicted octanol–water partition coefficient (Wildman–Crippen LogP) is 3.34. The van der Waals surface area contributed by atoms with E-state index in [2.05, 4.69) is 53.8 Å². The Morgan fingerprint density at radius 1 is 1.24 bits per heavy atom. The van der Waals surface area contributed by atoms with Crippen LogP contribution in [0.15, 0.2) is 18.2 Å². The molecule has 0 aliphatic carbocycles. The number of nitrogens with one attached hydrogen (secondary N) is 1. The molecule has 4 nitrogen and oxygen atoms in total. The first-order valence-corrected chi connectivity index (χ1v) is 9.60. The van der Waals surface area contributed by atoms with Gasteiger partial charge in [-0.1, -0.05) is 25.5 Å². The van der Waals surface area contributed by atoms with Crippen LogP contribution in [0.3, 0.4) is 0 Å². The van der Waals surface area contributed by atoms with E-state index >= 15 is 0 Å². The fourth-order valence-corrected chi connectivity index (χ4v) is 4.75. The zero-order valence-electron chi connectivity index (χ0n) is 15.6. The van der Waals surface area contributed by atoms with Crippen molar-refractivity contribution in [3.63, 3.8) is 0 Å². The van der Waals surface area contributed by atoms with Crippen molar-refractivity contribution < 1.29 is 4.79 Å². The van der Waals surface area contributed by atoms with Crippen LogP contribution in [0.25, 0.3) is 10.9 Å². The van der Waals surface area contributed by atoms with Gasteiger partial charge in [0.2, 0.25) is 5.91 Å². The van der Waals surface area contributed by atoms with Gasteiger partial charge in [-0.15, -0.1) is 0 Å². The van der Waals surface area contributed by atoms with Crippen LogP contribution in [0.2, 0.25) is 0 Å². The maximum Gasteiger partial charge on any atom is 0.237 e. The van der Waals surface area contributed by atoms with Crippen LogP contribution < -0.4 is 0 Å². The molecule has 2 aliphatic rings. The Balaban J connectivity index is 1.49. The van der Waals surface area contributed by atoms with Crippen molar-refractivity contribution in [1.29, 1.82) is 0 Å². The van der Waals surface area contributed by atoms with E-state index < -0.39 is 0 Å². The summed E-state index contributed by atoms with van der Waals surface area (Å²) in [6.07, 6.45) is 2.22. The third-order valence-electron chi connectivity index (χ3n) is 5.79. The zero-order chi connectivity index (χ0) is 17.6. The van der Waals surface area contributed by atoms with Gasteiger partial charge in [0.25, 0.3) is 0 Å². The molecule has 1 aromatic heterocycles. The van der Waals surface area contributed by atoms with Crippen molar-refractivity contribution in [1.82, 2.24) is 14.8 Å². The molecule has 0 spiro atoms. The minimum atomic E-state index is 0.286. The second-order valence-electron chi connectivity index (χ2n) is 8.34. The Morgan fingerprint density at radius 3 is 2.76 bits per heavy atom. The molecule has 4 rings (SSSR count). The number of hydrogen-bond acceptors (Lipinski definition) is 2. The standard InChI is InChI=1S/C21H29N3O/c1-14-4-5-19-17(9-14)18-12-24(7-6-20(18)22-19)21(25)13-23-10-15(2)8-16(3)11-23/h4-5,9,15-16,22H,6-8,10-13H2,1-3H3. The molecule has 2 atom stereocenters. The highest BCUT2D eigenvalue weighted by atomic mass is 16.2. The molecule has 1 aromatic carbocycles. The summed E-state index contributed by atoms with van der Waals surface area (Å²) in [5, 5.41) is 1.28. The lowest BCUT2D eigenvalue weighted by atomic mass is 9.92. The molecule has 1 amide bonds. The largest absolute Gasteiger partial charge is 0.358 e. The fourth-order valence-electron chi connectivity index (χ4n) is 4.75. The lowest BCUT2D eigenvalue weighted by Crippen LogP contribution is -2.46. The number of carbonyl (C=O) groups excluding carboxylic acids is 1. The third kappa shape index (κ3) is 3.32. The molecule has 134 valence electrons. The lowest BCUT2D eigenvalue weighted by Gasteiger charge is -2.36. The van der Waals surface area contributed by atoms with E-state index in [9.17, 15) is 4.79 Å². The molecule has 0 bridgehead atoms. The van der Waals surface area contributed by atoms with E-state index in [1.807, 2.05) is 0 Å². The van der Waals surface area contributed by atoms with E-state index in [0.717, 1.165) is 32.6 Å². The van der Waals surface area contributed by atoms with E-state index in [0.29, 0.717) is 18.4 Å². The van der Waals surface area contributed by atoms with Crippen molar-refractivity contribution in [3.8, 4) is 0 Å². The molecule has 1 fully saturated rings. The highest BCUT2D eigenvalue weighted by Gasteiger charge is 2.28. The quantitative estimate of drug-likeness (QED) is 0.911. The lowest BCUT2D eigenvalue weighted by molar-refractivity contribution is -0.134. The summed E-state index contributed by atoms with van der Waals surface area (Å²) in [5.74, 6) is 1.68. The fraction of sp³-hybridized carbons (Fsp3) is 0.571. The number of piperidine rings is 1. The van der Waals surface area contributed by atoms with Crippen molar-refractivity contribution in [2.75, 3.05) is 26.2 Å². The SMILES string of the molecule is Cc1ccc2[nH]c3c(c2c1)CN(C(=O)CN1CC(C)CC(C)C1)CC3. The Kier molecular flexibility index (Phi) is 4.32. The van der Waals surface area contributed by atoms with Crippen molar-refractivity contribution in [3.05, 3.63) is 35.0 Å². The number of amides is 1. The van der Waals surface area contributed by atoms with Gasteiger partial charge < -0.3 is 9.88 Å². The summed E-state index contributed by atoms with van der Waals surface area (Å²) in [6.45, 7) is 11.0. The predicted molar refractivity (Wildman–Crippen MR) is 102 cm³/mol. The molecule has 25 heavy (non-hydrogen) atoms. The zero-order valence-corrected chi connectivity index (χ0v) is 15.6. The van der Waals surface area contributed by atoms with Gasteiger partial charge >= 0.3 is 0 Å². The molecule has 0 saturated carbocycles. The van der Waals surface area contributed by atoms with Gasteiger partial charge in [-0.25, -0.2) is 0 Å². The molecule has 1 N–H and O–H groups in total. The van der Waals surface area contributed by atoms with Crippen LogP contribution in [0, 0.1) is 18.8 Å². The van der Waals surface area contributed by atoms with Gasteiger partial charge in [0, 0.05) is 54.8 Å². The highest BCUT2D eigenvalue weighted by Crippen LogP contribution is 2.29. The minimum absolute atomic E-state index is 0.286. The summed E-state index contributed by atoms with van der Waals surface area (Å²) in [6, 6.07) is 6.55. The number of aromatic amines is 1. The molecular weight excluding hydrogens is 310 g/mol. The average Bonchev–Trinajstić information content (AvgIpc) is 2.91. The maximum absolute atomic E-state index is 12.9. The summed E-state index contributed by atoms with van der Waals surface area (Å²) in [5.41, 5.74) is 5.10. The smallest absolute Gasteiger partial charge is 0.237 e. The van der Waals surface area contributed by atoms with Crippen LogP contribution in [0.4, 0.5) is 0 Å². The first-order valence-electron chi connectivity index (χ1n) is 9.60. The number of H-pyrrole nitrogens is 1. The maximum atomic E-state index is 12.9. The Hall–Kier alpha value is -1.81. The third-order valence-corrected chi connectivity index (χ3v) is 5.79. The second kappa shape index (κ2) is 6.49. The molecule has 2 unspecified atom stereocenters. The topological polar surface area (TPSA) is 39.3 Å². The molecule has 1 saturated heterocycles. The first kappa shape index (κ1) is 16.6. The Labute approximate surface area is 150 Å². The average molecular weight is 339 g/mol. The Morgan fingerprint density at radius 2 is 2.00 bits per heavy atom. The highest BCUT2D eigenvalue weighted by molar-refractivity contribution is 5.87. The number of likely N-dealkylation sites (tertiary alicyclic amines) is 1. The molecule has 2 aromatic rings. The van der Waals surface area contributed by atoms with Crippen molar-refractivity contribution >= 4 is 16.8 Å². The number of hydrogen-bond donors (Lipinski definition) is 1. The van der Waals surface area contributed by atoms with Gasteiger partial charge in [-0.3, -0.25) is 9.69 Å². The molecule has 4 heteroatoms. The van der Waals surface area contributed by atoms with Gasteiger partial charge in [-0.2, -0.15) is 0 Å². The molecule has 2 aliphatic heterocycles. The molecular formula is C21H29N3O. The second-order valence-corrected chi connectivity index (χ2v) is 8.34. The van der Waals surface area contributed by atoms with Gasteiger partial charge in [0.15, 0.2) is 0 Å². The molecule has 3 heterocycles. The Bertz CT molecular complexity index is 784. The van der Waals surface area contributed by atoms with Crippen LogP contribution in [-0.4, -0.2) is 46.9 Å². The van der Waals surface area contributed by atoms with Gasteiger partial charge in [-0.05, 0) is 37.3 Å². The van der Waals surface area contributed by atoms with Gasteiger partial charge in [0.1, 0.15) is 0 Å². The van der Waals surface area contributed by atoms with E-state index in [-0.39, 0.29) is 5.91 Å². The summed E-state index contributed by atoms with van der Waals surface area (Å²) < 4.78 is 0. The van der Waals surface area contributed by atoms with E-state index in [1.165, 1.54) is 34.1 Å². The molecule has 0 radical (unpaired) electrons. The van der Waals surface area contributed by atoms with Crippen molar-refractivity contribution in [2.24, 2.45) is 11.8 Å². The summed E-state index contributed by atoms with van der Waals surface area (Å²) >= 11 is 0. The van der Waals surface area contributed by atoms with Crippen LogP contribution in [-0.2, 0) is 17.8 Å². The number of aryl methyl sites for hydroxylation is 1. The van der Waals surface area contributed by atoms with Crippen LogP contribution >= 0.6 is 0 Å². The number of carbonyl (C=O) groups is 1. The number of benzene rings is 1. The number of nitrogens with zero attached hydrogens (tertiary/aromatic N) is 2. The minimum Gasteiger partial charge on any atom is -0.358 e. The first-order chi connectivity index (χ1) is 12.0. The monoisotopic (exact) mass is 339 g/mol. The number of aromatic nitrogens is 1. The van der Waals surface area contributed by atoms with Crippen LogP contribution in [0.5, 0.6) is 0 Å². The summed E-state index contributed by atoms with van der Waals surface area (Å²) in [7, 11) is 0. The van der Waals surface area contributed by atoms with Crippen LogP contribution in [0.1, 0.15) is 37.1 Å². The van der Waals surface area contributed by atoms with Crippen molar-refractivity contribution in [2.45, 2.75) is 40.2 Å². The number of fused-ring (bicyclic) bond motifs is 3. The van der Waals surface area contributed by atoms with Gasteiger partial charge in [0.05, 0.1) is 6.54 Å². The van der Waals surface area contributed by atoms with E-state index in [4.69, 9.17) is 0 Å². The number of rotatable bonds is 2. The normalized spacial score (nSPS) is 24.5.